The minimum atomic E-state index is -0.107. The Morgan fingerprint density at radius 3 is 2.25 bits per heavy atom. The van der Waals surface area contributed by atoms with Gasteiger partial charge in [0, 0.05) is 31.9 Å². The predicted octanol–water partition coefficient (Wildman–Crippen LogP) is 4.61. The molecule has 6 heteroatoms. The Hall–Kier alpha value is -3.15. The van der Waals surface area contributed by atoms with Gasteiger partial charge in [-0.2, -0.15) is 0 Å². The Balaban J connectivity index is 1.59. The van der Waals surface area contributed by atoms with Gasteiger partial charge in [-0.1, -0.05) is 19.1 Å². The van der Waals surface area contributed by atoms with Crippen molar-refractivity contribution >= 4 is 22.6 Å². The highest BCUT2D eigenvalue weighted by molar-refractivity contribution is 5.96. The van der Waals surface area contributed by atoms with Crippen molar-refractivity contribution in [1.29, 1.82) is 0 Å². The summed E-state index contributed by atoms with van der Waals surface area (Å²) < 4.78 is 5.86. The lowest BCUT2D eigenvalue weighted by molar-refractivity contribution is 0.0735. The smallest absolute Gasteiger partial charge is 0.278 e. The number of benzene rings is 2. The summed E-state index contributed by atoms with van der Waals surface area (Å²) in [6.45, 7) is 13.8. The number of nitrogens with zero attached hydrogens (tertiary/aromatic N) is 4. The number of amides is 1. The van der Waals surface area contributed by atoms with E-state index in [9.17, 15) is 4.79 Å². The number of aryl methyl sites for hydroxylation is 3. The van der Waals surface area contributed by atoms with Gasteiger partial charge >= 0.3 is 0 Å². The zero-order valence-electron chi connectivity index (χ0n) is 19.7. The fourth-order valence-corrected chi connectivity index (χ4v) is 4.11. The topological polar surface area (TPSA) is 58.6 Å². The minimum Gasteiger partial charge on any atom is -0.476 e. The fourth-order valence-electron chi connectivity index (χ4n) is 4.11. The molecule has 1 amide bonds. The number of rotatable bonds is 5. The van der Waals surface area contributed by atoms with Crippen LogP contribution < -0.4 is 9.64 Å². The standard InChI is InChI=1S/C26H32N4O2/c1-6-14-32-25-24(27-21-15-18(3)19(4)16-22(21)28-25)26(31)30-12-10-29(11-13-30)23-9-7-8-17(2)20(23)5/h7-9,15-16H,6,10-14H2,1-5H3. The summed E-state index contributed by atoms with van der Waals surface area (Å²) in [5.74, 6) is 0.230. The largest absolute Gasteiger partial charge is 0.476 e. The molecule has 3 aromatic rings. The molecular formula is C26H32N4O2. The van der Waals surface area contributed by atoms with E-state index in [-0.39, 0.29) is 5.91 Å². The van der Waals surface area contributed by atoms with E-state index in [2.05, 4.69) is 48.9 Å². The third-order valence-electron chi connectivity index (χ3n) is 6.38. The zero-order chi connectivity index (χ0) is 22.8. The van der Waals surface area contributed by atoms with E-state index in [0.717, 1.165) is 41.7 Å². The normalized spacial score (nSPS) is 14.2. The molecule has 2 heterocycles. The molecule has 0 spiro atoms. The molecule has 32 heavy (non-hydrogen) atoms. The van der Waals surface area contributed by atoms with Gasteiger partial charge in [0.25, 0.3) is 5.91 Å². The Bertz CT molecular complexity index is 1150. The molecule has 1 fully saturated rings. The average Bonchev–Trinajstić information content (AvgIpc) is 2.79. The van der Waals surface area contributed by atoms with Crippen molar-refractivity contribution in [2.24, 2.45) is 0 Å². The second kappa shape index (κ2) is 9.15. The molecule has 0 N–H and O–H groups in total. The summed E-state index contributed by atoms with van der Waals surface area (Å²) in [5.41, 5.74) is 7.92. The summed E-state index contributed by atoms with van der Waals surface area (Å²) >= 11 is 0. The summed E-state index contributed by atoms with van der Waals surface area (Å²) in [6.07, 6.45) is 0.842. The van der Waals surface area contributed by atoms with Crippen LogP contribution in [0.1, 0.15) is 46.1 Å². The highest BCUT2D eigenvalue weighted by Gasteiger charge is 2.27. The van der Waals surface area contributed by atoms with Crippen LogP contribution in [-0.4, -0.2) is 53.6 Å². The van der Waals surface area contributed by atoms with Crippen LogP contribution in [0.2, 0.25) is 0 Å². The quantitative estimate of drug-likeness (QED) is 0.589. The van der Waals surface area contributed by atoms with Gasteiger partial charge in [0.1, 0.15) is 0 Å². The maximum atomic E-state index is 13.5. The molecule has 2 aromatic carbocycles. The SMILES string of the molecule is CCCOc1nc2cc(C)c(C)cc2nc1C(=O)N1CCN(c2cccc(C)c2C)CC1. The van der Waals surface area contributed by atoms with Gasteiger partial charge in [-0.25, -0.2) is 9.97 Å². The van der Waals surface area contributed by atoms with Crippen molar-refractivity contribution < 1.29 is 9.53 Å². The Morgan fingerprint density at radius 1 is 0.938 bits per heavy atom. The van der Waals surface area contributed by atoms with Crippen molar-refractivity contribution in [2.45, 2.75) is 41.0 Å². The third kappa shape index (κ3) is 4.27. The van der Waals surface area contributed by atoms with Crippen molar-refractivity contribution in [3.63, 3.8) is 0 Å². The number of piperazine rings is 1. The number of carbonyl (C=O) groups excluding carboxylic acids is 1. The zero-order valence-corrected chi connectivity index (χ0v) is 19.7. The lowest BCUT2D eigenvalue weighted by Gasteiger charge is -2.37. The first-order chi connectivity index (χ1) is 15.4. The average molecular weight is 433 g/mol. The van der Waals surface area contributed by atoms with Gasteiger partial charge in [-0.3, -0.25) is 4.79 Å². The molecule has 1 aromatic heterocycles. The van der Waals surface area contributed by atoms with Crippen LogP contribution in [-0.2, 0) is 0 Å². The third-order valence-corrected chi connectivity index (χ3v) is 6.38. The molecule has 6 nitrogen and oxygen atoms in total. The summed E-state index contributed by atoms with van der Waals surface area (Å²) in [5, 5.41) is 0. The number of ether oxygens (including phenoxy) is 1. The molecular weight excluding hydrogens is 400 g/mol. The molecule has 168 valence electrons. The van der Waals surface area contributed by atoms with E-state index in [1.165, 1.54) is 16.8 Å². The van der Waals surface area contributed by atoms with Crippen LogP contribution in [0.15, 0.2) is 30.3 Å². The molecule has 1 aliphatic heterocycles. The highest BCUT2D eigenvalue weighted by Crippen LogP contribution is 2.26. The van der Waals surface area contributed by atoms with Gasteiger partial charge in [-0.15, -0.1) is 0 Å². The molecule has 1 aliphatic rings. The lowest BCUT2D eigenvalue weighted by Crippen LogP contribution is -2.49. The number of aromatic nitrogens is 2. The molecule has 0 atom stereocenters. The number of hydrogen-bond acceptors (Lipinski definition) is 5. The van der Waals surface area contributed by atoms with E-state index in [1.807, 2.05) is 30.9 Å². The molecule has 0 unspecified atom stereocenters. The Labute approximate surface area is 190 Å². The molecule has 0 bridgehead atoms. The van der Waals surface area contributed by atoms with Crippen molar-refractivity contribution in [3.8, 4) is 5.88 Å². The van der Waals surface area contributed by atoms with Gasteiger partial charge < -0.3 is 14.5 Å². The Morgan fingerprint density at radius 2 is 1.59 bits per heavy atom. The van der Waals surface area contributed by atoms with Gasteiger partial charge in [-0.05, 0) is 74.6 Å². The maximum absolute atomic E-state index is 13.5. The molecule has 0 radical (unpaired) electrons. The monoisotopic (exact) mass is 432 g/mol. The maximum Gasteiger partial charge on any atom is 0.278 e. The van der Waals surface area contributed by atoms with E-state index in [0.29, 0.717) is 31.3 Å². The van der Waals surface area contributed by atoms with Crippen molar-refractivity contribution in [1.82, 2.24) is 14.9 Å². The molecule has 1 saturated heterocycles. The van der Waals surface area contributed by atoms with Gasteiger partial charge in [0.05, 0.1) is 17.6 Å². The van der Waals surface area contributed by atoms with Gasteiger partial charge in [0.15, 0.2) is 5.69 Å². The predicted molar refractivity (Wildman–Crippen MR) is 129 cm³/mol. The first-order valence-corrected chi connectivity index (χ1v) is 11.4. The Kier molecular flexibility index (Phi) is 6.31. The van der Waals surface area contributed by atoms with Crippen molar-refractivity contribution in [2.75, 3.05) is 37.7 Å². The van der Waals surface area contributed by atoms with Crippen LogP contribution in [0.3, 0.4) is 0 Å². The van der Waals surface area contributed by atoms with E-state index in [1.54, 1.807) is 0 Å². The van der Waals surface area contributed by atoms with Crippen LogP contribution in [0, 0.1) is 27.7 Å². The molecule has 4 rings (SSSR count). The van der Waals surface area contributed by atoms with E-state index >= 15 is 0 Å². The number of hydrogen-bond donors (Lipinski definition) is 0. The number of fused-ring (bicyclic) bond motifs is 1. The second-order valence-corrected chi connectivity index (χ2v) is 8.65. The summed E-state index contributed by atoms with van der Waals surface area (Å²) in [7, 11) is 0. The first-order valence-electron chi connectivity index (χ1n) is 11.4. The van der Waals surface area contributed by atoms with Crippen LogP contribution in [0.5, 0.6) is 5.88 Å². The lowest BCUT2D eigenvalue weighted by atomic mass is 10.1. The minimum absolute atomic E-state index is 0.107. The summed E-state index contributed by atoms with van der Waals surface area (Å²) in [6, 6.07) is 10.4. The van der Waals surface area contributed by atoms with E-state index in [4.69, 9.17) is 9.72 Å². The number of carbonyl (C=O) groups is 1. The van der Waals surface area contributed by atoms with E-state index < -0.39 is 0 Å². The van der Waals surface area contributed by atoms with Gasteiger partial charge in [0.2, 0.25) is 5.88 Å². The van der Waals surface area contributed by atoms with Crippen LogP contribution >= 0.6 is 0 Å². The van der Waals surface area contributed by atoms with Crippen LogP contribution in [0.25, 0.3) is 11.0 Å². The molecule has 0 aliphatic carbocycles. The second-order valence-electron chi connectivity index (χ2n) is 8.65. The highest BCUT2D eigenvalue weighted by atomic mass is 16.5. The summed E-state index contributed by atoms with van der Waals surface area (Å²) in [4.78, 5) is 27.1. The fraction of sp³-hybridized carbons (Fsp3) is 0.423. The van der Waals surface area contributed by atoms with Crippen LogP contribution in [0.4, 0.5) is 5.69 Å². The number of anilines is 1. The molecule has 0 saturated carbocycles. The van der Waals surface area contributed by atoms with Crippen molar-refractivity contribution in [3.05, 3.63) is 58.3 Å². The first kappa shape index (κ1) is 22.1.